The molecule has 14 heavy (non-hydrogen) atoms. The Hall–Kier alpha value is -0.795. The van der Waals surface area contributed by atoms with Gasteiger partial charge >= 0.3 is 0 Å². The maximum atomic E-state index is 7.65. The molecule has 0 aliphatic carbocycles. The van der Waals surface area contributed by atoms with Gasteiger partial charge in [-0.3, -0.25) is 0 Å². The van der Waals surface area contributed by atoms with Crippen molar-refractivity contribution in [2.45, 2.75) is 19.6 Å². The van der Waals surface area contributed by atoms with Crippen LogP contribution in [0.25, 0.3) is 0 Å². The highest BCUT2D eigenvalue weighted by atomic mass is 16.6. The molecule has 1 N–H and O–H groups in total. The molecule has 0 amide bonds. The molecule has 1 aromatic rings. The monoisotopic (exact) mass is 192 g/mol. The van der Waals surface area contributed by atoms with Gasteiger partial charge in [0.25, 0.3) is 0 Å². The first-order valence-corrected chi connectivity index (χ1v) is 4.97. The maximum absolute atomic E-state index is 7.65. The highest BCUT2D eigenvalue weighted by Gasteiger charge is 2.19. The lowest BCUT2D eigenvalue weighted by molar-refractivity contribution is 0.0325. The van der Waals surface area contributed by atoms with Crippen molar-refractivity contribution in [1.29, 1.82) is 0 Å². The van der Waals surface area contributed by atoms with Gasteiger partial charge in [0.1, 0.15) is 6.79 Å². The molecule has 0 fully saturated rings. The molecule has 0 saturated carbocycles. The Morgan fingerprint density at radius 3 is 2.64 bits per heavy atom. The number of aliphatic hydroxyl groups is 1. The summed E-state index contributed by atoms with van der Waals surface area (Å²) >= 11 is 0. The predicted molar refractivity (Wildman–Crippen MR) is 60.3 cm³/mol. The van der Waals surface area contributed by atoms with Crippen LogP contribution in [0, 0.1) is 0 Å². The van der Waals surface area contributed by atoms with Crippen LogP contribution in [0.15, 0.2) is 24.3 Å². The Morgan fingerprint density at radius 1 is 1.43 bits per heavy atom. The zero-order valence-electron chi connectivity index (χ0n) is 8.86. The van der Waals surface area contributed by atoms with E-state index in [0.29, 0.717) is 0 Å². The summed E-state index contributed by atoms with van der Waals surface area (Å²) in [6, 6.07) is 8.78. The Kier molecular flexibility index (Phi) is 4.70. The van der Waals surface area contributed by atoms with Gasteiger partial charge in [-0.15, -0.1) is 0 Å². The molecule has 0 spiro atoms. The van der Waals surface area contributed by atoms with Crippen molar-refractivity contribution < 1.29 is 9.84 Å². The van der Waals surface area contributed by atoms with E-state index in [0.717, 1.165) is 6.71 Å². The fourth-order valence-electron chi connectivity index (χ4n) is 1.77. The third-order valence-corrected chi connectivity index (χ3v) is 2.56. The summed E-state index contributed by atoms with van der Waals surface area (Å²) in [6.07, 6.45) is 2.64. The molecule has 0 atom stereocenters. The molecule has 1 aliphatic rings. The van der Waals surface area contributed by atoms with Gasteiger partial charge in [0.2, 0.25) is 0 Å². The van der Waals surface area contributed by atoms with Crippen LogP contribution in [-0.2, 0) is 11.2 Å². The predicted octanol–water partition coefficient (Wildman–Crippen LogP) is 1.16. The zero-order valence-corrected chi connectivity index (χ0v) is 8.86. The number of hydrogen-bond acceptors (Lipinski definition) is 2. The lowest BCUT2D eigenvalue weighted by Gasteiger charge is -1.98. The molecule has 0 unspecified atom stereocenters. The Balaban J connectivity index is 0.000000213. The fourth-order valence-corrected chi connectivity index (χ4v) is 1.77. The molecule has 2 nitrogen and oxygen atoms in total. The summed E-state index contributed by atoms with van der Waals surface area (Å²) in [4.78, 5) is 0. The van der Waals surface area contributed by atoms with Gasteiger partial charge in [0, 0.05) is 7.11 Å². The standard InChI is InChI=1S/C9H11B.C2H6O2/c1-10-7-6-8-4-2-3-5-9(8)10;1-4-2-3/h2-5H,6-7H2,1H3;3H,2H2,1H3. The zero-order chi connectivity index (χ0) is 10.4. The topological polar surface area (TPSA) is 29.5 Å². The Bertz CT molecular complexity index is 274. The minimum atomic E-state index is -0.181. The molecule has 2 rings (SSSR count). The van der Waals surface area contributed by atoms with Crippen molar-refractivity contribution in [2.75, 3.05) is 13.9 Å². The van der Waals surface area contributed by atoms with Crippen molar-refractivity contribution in [3.05, 3.63) is 29.8 Å². The summed E-state index contributed by atoms with van der Waals surface area (Å²) in [5.74, 6) is 0. The molecular formula is C11H17BO2. The van der Waals surface area contributed by atoms with E-state index in [1.54, 1.807) is 11.0 Å². The van der Waals surface area contributed by atoms with Crippen LogP contribution in [0.5, 0.6) is 0 Å². The van der Waals surface area contributed by atoms with E-state index in [9.17, 15) is 0 Å². The van der Waals surface area contributed by atoms with Crippen molar-refractivity contribution in [1.82, 2.24) is 0 Å². The molecular weight excluding hydrogens is 175 g/mol. The number of rotatable bonds is 1. The number of benzene rings is 1. The van der Waals surface area contributed by atoms with E-state index in [1.807, 2.05) is 0 Å². The van der Waals surface area contributed by atoms with E-state index >= 15 is 0 Å². The summed E-state index contributed by atoms with van der Waals surface area (Å²) in [5, 5.41) is 7.65. The molecule has 0 saturated heterocycles. The molecule has 1 heterocycles. The lowest BCUT2D eigenvalue weighted by Crippen LogP contribution is -2.21. The Labute approximate surface area is 86.0 Å². The highest BCUT2D eigenvalue weighted by Crippen LogP contribution is 2.12. The van der Waals surface area contributed by atoms with Crippen LogP contribution >= 0.6 is 0 Å². The van der Waals surface area contributed by atoms with E-state index in [1.165, 1.54) is 19.9 Å². The molecule has 1 aliphatic heterocycles. The van der Waals surface area contributed by atoms with Gasteiger partial charge in [-0.05, 0) is 6.42 Å². The molecule has 1 aromatic carbocycles. The van der Waals surface area contributed by atoms with Crippen LogP contribution < -0.4 is 5.46 Å². The minimum absolute atomic E-state index is 0.181. The number of methoxy groups -OCH3 is 1. The summed E-state index contributed by atoms with van der Waals surface area (Å²) in [6.45, 7) is 2.93. The third-order valence-electron chi connectivity index (χ3n) is 2.56. The summed E-state index contributed by atoms with van der Waals surface area (Å²) < 4.78 is 4.10. The smallest absolute Gasteiger partial charge is 0.173 e. The van der Waals surface area contributed by atoms with Crippen LogP contribution in [0.2, 0.25) is 13.1 Å². The normalized spacial score (nSPS) is 13.2. The second kappa shape index (κ2) is 5.84. The molecule has 0 radical (unpaired) electrons. The van der Waals surface area contributed by atoms with Gasteiger partial charge < -0.3 is 9.84 Å². The van der Waals surface area contributed by atoms with Crippen LogP contribution in [0.1, 0.15) is 5.56 Å². The largest absolute Gasteiger partial charge is 0.371 e. The first-order chi connectivity index (χ1) is 6.79. The number of ether oxygens (including phenoxy) is 1. The molecule has 3 heteroatoms. The second-order valence-electron chi connectivity index (χ2n) is 3.56. The SMILES string of the molecule is CB1CCc2ccccc21.COCO. The van der Waals surface area contributed by atoms with Gasteiger partial charge in [-0.1, -0.05) is 48.4 Å². The van der Waals surface area contributed by atoms with Crippen LogP contribution in [0.3, 0.4) is 0 Å². The van der Waals surface area contributed by atoms with Crippen molar-refractivity contribution >= 4 is 12.2 Å². The average Bonchev–Trinajstić information content (AvgIpc) is 2.62. The number of aryl methyl sites for hydroxylation is 1. The molecule has 0 bridgehead atoms. The summed E-state index contributed by atoms with van der Waals surface area (Å²) in [5.41, 5.74) is 3.14. The second-order valence-corrected chi connectivity index (χ2v) is 3.56. The minimum Gasteiger partial charge on any atom is -0.371 e. The van der Waals surface area contributed by atoms with Gasteiger partial charge in [-0.2, -0.15) is 0 Å². The van der Waals surface area contributed by atoms with Crippen molar-refractivity contribution in [3.8, 4) is 0 Å². The van der Waals surface area contributed by atoms with E-state index in [4.69, 9.17) is 5.11 Å². The van der Waals surface area contributed by atoms with E-state index in [-0.39, 0.29) is 6.79 Å². The van der Waals surface area contributed by atoms with Gasteiger partial charge in [0.15, 0.2) is 6.71 Å². The number of fused-ring (bicyclic) bond motifs is 1. The van der Waals surface area contributed by atoms with Crippen molar-refractivity contribution in [2.24, 2.45) is 0 Å². The van der Waals surface area contributed by atoms with Gasteiger partial charge in [-0.25, -0.2) is 0 Å². The quantitative estimate of drug-likeness (QED) is 0.534. The van der Waals surface area contributed by atoms with E-state index < -0.39 is 0 Å². The first-order valence-electron chi connectivity index (χ1n) is 4.97. The highest BCUT2D eigenvalue weighted by molar-refractivity contribution is 6.73. The van der Waals surface area contributed by atoms with Crippen LogP contribution in [0.4, 0.5) is 0 Å². The van der Waals surface area contributed by atoms with Crippen molar-refractivity contribution in [3.63, 3.8) is 0 Å². The third kappa shape index (κ3) is 2.86. The van der Waals surface area contributed by atoms with E-state index in [2.05, 4.69) is 35.8 Å². The average molecular weight is 192 g/mol. The molecule has 76 valence electrons. The first kappa shape index (κ1) is 11.3. The fraction of sp³-hybridized carbons (Fsp3) is 0.455. The summed E-state index contributed by atoms with van der Waals surface area (Å²) in [7, 11) is 1.43. The number of aliphatic hydroxyl groups excluding tert-OH is 1. The Morgan fingerprint density at radius 2 is 2.07 bits per heavy atom. The number of hydrogen-bond donors (Lipinski definition) is 1. The maximum Gasteiger partial charge on any atom is 0.173 e. The van der Waals surface area contributed by atoms with Gasteiger partial charge in [0.05, 0.1) is 0 Å². The molecule has 0 aromatic heterocycles. The van der Waals surface area contributed by atoms with Crippen LogP contribution in [-0.4, -0.2) is 25.7 Å². The lowest BCUT2D eigenvalue weighted by atomic mass is 9.48.